The lowest BCUT2D eigenvalue weighted by Crippen LogP contribution is -2.26. The van der Waals surface area contributed by atoms with Crippen molar-refractivity contribution in [1.29, 1.82) is 0 Å². The number of ether oxygens (including phenoxy) is 3. The fraction of sp³-hybridized carbons (Fsp3) is 0.583. The number of hydrogen-bond donors (Lipinski definition) is 1. The highest BCUT2D eigenvalue weighted by Crippen LogP contribution is 2.49. The van der Waals surface area contributed by atoms with Gasteiger partial charge in [0.25, 0.3) is 0 Å². The van der Waals surface area contributed by atoms with Crippen molar-refractivity contribution in [1.82, 2.24) is 10.2 Å². The zero-order valence-electron chi connectivity index (χ0n) is 18.0. The van der Waals surface area contributed by atoms with E-state index in [1.54, 1.807) is 13.2 Å². The average Bonchev–Trinajstić information content (AvgIpc) is 3.73. The van der Waals surface area contributed by atoms with E-state index in [-0.39, 0.29) is 11.4 Å². The van der Waals surface area contributed by atoms with Crippen LogP contribution in [0.1, 0.15) is 61.1 Å². The van der Waals surface area contributed by atoms with Gasteiger partial charge in [0.1, 0.15) is 5.82 Å². The summed E-state index contributed by atoms with van der Waals surface area (Å²) in [5, 5.41) is 8.26. The molecule has 1 aromatic carbocycles. The number of aromatic nitrogens is 2. The predicted molar refractivity (Wildman–Crippen MR) is 115 cm³/mol. The van der Waals surface area contributed by atoms with Gasteiger partial charge in [-0.05, 0) is 67.7 Å². The van der Waals surface area contributed by atoms with Gasteiger partial charge >= 0.3 is 0 Å². The number of nitrogens with two attached hydrogens (primary N) is 1. The molecule has 0 radical (unpaired) electrons. The van der Waals surface area contributed by atoms with Crippen molar-refractivity contribution in [2.24, 2.45) is 0 Å². The molecule has 31 heavy (non-hydrogen) atoms. The van der Waals surface area contributed by atoms with Crippen molar-refractivity contribution in [3.8, 4) is 11.3 Å². The first-order chi connectivity index (χ1) is 15.1. The molecule has 1 unspecified atom stereocenters. The third-order valence-corrected chi connectivity index (χ3v) is 6.80. The number of benzene rings is 1. The smallest absolute Gasteiger partial charge is 0.151 e. The Morgan fingerprint density at radius 2 is 2.00 bits per heavy atom. The summed E-state index contributed by atoms with van der Waals surface area (Å²) in [6.07, 6.45) is 7.86. The Balaban J connectivity index is 0.000000217. The van der Waals surface area contributed by atoms with Crippen LogP contribution in [0.4, 0.5) is 10.2 Å². The Morgan fingerprint density at radius 1 is 1.16 bits per heavy atom. The third kappa shape index (κ3) is 4.45. The zero-order valence-corrected chi connectivity index (χ0v) is 18.0. The molecule has 1 spiro atoms. The van der Waals surface area contributed by atoms with Crippen LogP contribution in [0.5, 0.6) is 0 Å². The Kier molecular flexibility index (Phi) is 5.67. The molecule has 3 heterocycles. The van der Waals surface area contributed by atoms with Gasteiger partial charge in [-0.2, -0.15) is 0 Å². The van der Waals surface area contributed by atoms with E-state index in [1.807, 2.05) is 12.1 Å². The minimum atomic E-state index is -0.216. The normalized spacial score (nSPS) is 23.6. The summed E-state index contributed by atoms with van der Waals surface area (Å²) >= 11 is 0. The molecular weight excluding hydrogens is 397 g/mol. The summed E-state index contributed by atoms with van der Waals surface area (Å²) in [4.78, 5) is 0. The van der Waals surface area contributed by atoms with E-state index in [0.717, 1.165) is 74.8 Å². The van der Waals surface area contributed by atoms with Gasteiger partial charge in [-0.15, -0.1) is 10.2 Å². The van der Waals surface area contributed by atoms with Gasteiger partial charge in [-0.25, -0.2) is 4.39 Å². The van der Waals surface area contributed by atoms with Crippen LogP contribution in [-0.2, 0) is 27.2 Å². The first kappa shape index (κ1) is 20.8. The number of nitrogen functional groups attached to an aromatic ring is 1. The Bertz CT molecular complexity index is 953. The lowest BCUT2D eigenvalue weighted by atomic mass is 9.93. The summed E-state index contributed by atoms with van der Waals surface area (Å²) < 4.78 is 30.8. The Hall–Kier alpha value is -2.09. The van der Waals surface area contributed by atoms with Crippen LogP contribution >= 0.6 is 0 Å². The van der Waals surface area contributed by atoms with Crippen molar-refractivity contribution < 1.29 is 18.6 Å². The first-order valence-electron chi connectivity index (χ1n) is 11.3. The number of nitrogens with zero attached hydrogens (tertiary/aromatic N) is 2. The van der Waals surface area contributed by atoms with E-state index < -0.39 is 0 Å². The van der Waals surface area contributed by atoms with Crippen LogP contribution < -0.4 is 5.73 Å². The van der Waals surface area contributed by atoms with Crippen molar-refractivity contribution in [3.63, 3.8) is 0 Å². The molecule has 3 fully saturated rings. The minimum Gasteiger partial charge on any atom is -0.382 e. The number of anilines is 1. The molecule has 6 rings (SSSR count). The summed E-state index contributed by atoms with van der Waals surface area (Å²) in [7, 11) is 1.74. The molecule has 2 N–H and O–H groups in total. The van der Waals surface area contributed by atoms with E-state index in [0.29, 0.717) is 35.7 Å². The zero-order chi connectivity index (χ0) is 21.4. The number of halogens is 1. The fourth-order valence-corrected chi connectivity index (χ4v) is 4.44. The third-order valence-electron chi connectivity index (χ3n) is 6.80. The maximum atomic E-state index is 14.7. The summed E-state index contributed by atoms with van der Waals surface area (Å²) in [5.74, 6) is 0.717. The number of fused-ring (bicyclic) bond motifs is 1. The van der Waals surface area contributed by atoms with Crippen LogP contribution in [0.15, 0.2) is 18.2 Å². The van der Waals surface area contributed by atoms with Gasteiger partial charge in [-0.1, -0.05) is 6.07 Å². The van der Waals surface area contributed by atoms with Gasteiger partial charge in [0.15, 0.2) is 5.82 Å². The highest BCUT2D eigenvalue weighted by Gasteiger charge is 2.48. The molecule has 7 heteroatoms. The first-order valence-corrected chi connectivity index (χ1v) is 11.3. The maximum absolute atomic E-state index is 14.7. The summed E-state index contributed by atoms with van der Waals surface area (Å²) in [6.45, 7) is 2.15. The van der Waals surface area contributed by atoms with E-state index in [4.69, 9.17) is 19.9 Å². The Morgan fingerprint density at radius 3 is 2.61 bits per heavy atom. The molecule has 1 atom stereocenters. The van der Waals surface area contributed by atoms with Crippen molar-refractivity contribution in [2.75, 3.05) is 26.1 Å². The number of methoxy groups -OCH3 is 1. The maximum Gasteiger partial charge on any atom is 0.151 e. The number of rotatable bonds is 3. The van der Waals surface area contributed by atoms with Crippen LogP contribution in [0.3, 0.4) is 0 Å². The van der Waals surface area contributed by atoms with Crippen LogP contribution in [0.25, 0.3) is 11.3 Å². The van der Waals surface area contributed by atoms with Gasteiger partial charge < -0.3 is 19.9 Å². The second kappa shape index (κ2) is 8.45. The molecule has 1 saturated heterocycles. The summed E-state index contributed by atoms with van der Waals surface area (Å²) in [5.41, 5.74) is 10.0. The van der Waals surface area contributed by atoms with Gasteiger partial charge in [0.2, 0.25) is 0 Å². The molecule has 2 aliphatic heterocycles. The SMILES string of the molecule is COC1CCCOC1.Nc1nnc(-c2ccc(C3CC3)cc2F)c2c1COC1(CC1)C2. The standard InChI is InChI=1S/C18H18FN3O.C6H12O2/c19-15-7-11(10-1-2-10)3-4-12(15)16-13-8-18(5-6-18)23-9-14(13)17(20)22-21-16;1-7-6-3-2-4-8-5-6/h3-4,7,10H,1-2,5-6,8-9H2,(H2,20,22);6H,2-5H2,1H3. The van der Waals surface area contributed by atoms with Crippen molar-refractivity contribution in [2.45, 2.75) is 69.2 Å². The molecule has 2 aliphatic carbocycles. The fourth-order valence-electron chi connectivity index (χ4n) is 4.44. The minimum absolute atomic E-state index is 0.0678. The second-order valence-electron chi connectivity index (χ2n) is 9.13. The van der Waals surface area contributed by atoms with E-state index >= 15 is 0 Å². The molecule has 0 bridgehead atoms. The predicted octanol–water partition coefficient (Wildman–Crippen LogP) is 4.16. The van der Waals surface area contributed by atoms with Crippen molar-refractivity contribution >= 4 is 5.82 Å². The quantitative estimate of drug-likeness (QED) is 0.792. The van der Waals surface area contributed by atoms with E-state index in [1.165, 1.54) is 0 Å². The van der Waals surface area contributed by atoms with Gasteiger partial charge in [0.05, 0.1) is 30.6 Å². The van der Waals surface area contributed by atoms with E-state index in [9.17, 15) is 4.39 Å². The van der Waals surface area contributed by atoms with Gasteiger partial charge in [-0.3, -0.25) is 0 Å². The van der Waals surface area contributed by atoms with Crippen molar-refractivity contribution in [3.05, 3.63) is 40.7 Å². The van der Waals surface area contributed by atoms with Crippen LogP contribution in [0, 0.1) is 5.82 Å². The van der Waals surface area contributed by atoms with E-state index in [2.05, 4.69) is 10.2 Å². The topological polar surface area (TPSA) is 79.5 Å². The average molecular weight is 428 g/mol. The molecule has 6 nitrogen and oxygen atoms in total. The molecular formula is C24H30FN3O3. The highest BCUT2D eigenvalue weighted by atomic mass is 19.1. The second-order valence-corrected chi connectivity index (χ2v) is 9.13. The van der Waals surface area contributed by atoms with Crippen LogP contribution in [0.2, 0.25) is 0 Å². The largest absolute Gasteiger partial charge is 0.382 e. The number of hydrogen-bond acceptors (Lipinski definition) is 6. The lowest BCUT2D eigenvalue weighted by Gasteiger charge is -2.27. The molecule has 166 valence electrons. The molecule has 0 amide bonds. The van der Waals surface area contributed by atoms with Gasteiger partial charge in [0, 0.05) is 31.3 Å². The molecule has 1 aromatic heterocycles. The molecule has 2 aromatic rings. The highest BCUT2D eigenvalue weighted by molar-refractivity contribution is 5.68. The molecule has 4 aliphatic rings. The van der Waals surface area contributed by atoms with Crippen LogP contribution in [-0.4, -0.2) is 42.2 Å². The summed E-state index contributed by atoms with van der Waals surface area (Å²) in [6, 6.07) is 5.52. The molecule has 2 saturated carbocycles. The monoisotopic (exact) mass is 427 g/mol. The Labute approximate surface area is 182 Å². The lowest BCUT2D eigenvalue weighted by molar-refractivity contribution is -0.0291.